The molecule has 0 saturated heterocycles. The maximum absolute atomic E-state index is 10.6. The van der Waals surface area contributed by atoms with E-state index < -0.39 is 0 Å². The zero-order valence-electron chi connectivity index (χ0n) is 7.79. The molecule has 4 heteroatoms. The van der Waals surface area contributed by atoms with Crippen LogP contribution >= 0.6 is 15.9 Å². The van der Waals surface area contributed by atoms with Crippen LogP contribution in [0.15, 0.2) is 16.6 Å². The third-order valence-electron chi connectivity index (χ3n) is 1.77. The van der Waals surface area contributed by atoms with Crippen LogP contribution in [0.4, 0.5) is 0 Å². The summed E-state index contributed by atoms with van der Waals surface area (Å²) >= 11 is 3.25. The largest absolute Gasteiger partial charge is 0.507 e. The smallest absolute Gasteiger partial charge is 0.153 e. The number of ether oxygens (including phenoxy) is 1. The fourth-order valence-corrected chi connectivity index (χ4v) is 1.61. The van der Waals surface area contributed by atoms with Gasteiger partial charge in [-0.2, -0.15) is 0 Å². The highest BCUT2D eigenvalue weighted by molar-refractivity contribution is 9.10. The molecule has 0 aromatic heterocycles. The lowest BCUT2D eigenvalue weighted by Crippen LogP contribution is -1.95. The third kappa shape index (κ3) is 2.56. The van der Waals surface area contributed by atoms with Crippen molar-refractivity contribution in [3.05, 3.63) is 27.7 Å². The van der Waals surface area contributed by atoms with Crippen molar-refractivity contribution in [1.29, 1.82) is 0 Å². The van der Waals surface area contributed by atoms with E-state index in [1.54, 1.807) is 12.1 Å². The average molecular weight is 259 g/mol. The van der Waals surface area contributed by atoms with E-state index in [2.05, 4.69) is 15.9 Å². The Bertz CT molecular complexity index is 336. The van der Waals surface area contributed by atoms with E-state index in [0.29, 0.717) is 25.1 Å². The van der Waals surface area contributed by atoms with Crippen molar-refractivity contribution in [2.24, 2.45) is 0 Å². The van der Waals surface area contributed by atoms with Crippen molar-refractivity contribution in [3.8, 4) is 5.75 Å². The van der Waals surface area contributed by atoms with Gasteiger partial charge in [0, 0.05) is 16.6 Å². The van der Waals surface area contributed by atoms with Gasteiger partial charge in [-0.25, -0.2) is 0 Å². The maximum atomic E-state index is 10.6. The molecule has 76 valence electrons. The van der Waals surface area contributed by atoms with Crippen LogP contribution in [0, 0.1) is 0 Å². The van der Waals surface area contributed by atoms with Crippen LogP contribution in [0.1, 0.15) is 22.8 Å². The Labute approximate surface area is 90.8 Å². The quantitative estimate of drug-likeness (QED) is 0.845. The second-order valence-electron chi connectivity index (χ2n) is 2.76. The molecule has 0 spiro atoms. The number of phenols is 1. The molecule has 0 aliphatic heterocycles. The summed E-state index contributed by atoms with van der Waals surface area (Å²) in [6.07, 6.45) is 0.621. The van der Waals surface area contributed by atoms with Crippen LogP contribution in [0.3, 0.4) is 0 Å². The fourth-order valence-electron chi connectivity index (χ4n) is 1.09. The molecule has 0 fully saturated rings. The first-order valence-corrected chi connectivity index (χ1v) is 5.02. The van der Waals surface area contributed by atoms with Gasteiger partial charge >= 0.3 is 0 Å². The SMILES string of the molecule is CCOCc1cc(Br)cc(C=O)c1O. The highest BCUT2D eigenvalue weighted by Crippen LogP contribution is 2.26. The summed E-state index contributed by atoms with van der Waals surface area (Å²) in [5.74, 6) is -0.00310. The number of rotatable bonds is 4. The van der Waals surface area contributed by atoms with E-state index in [4.69, 9.17) is 4.74 Å². The second kappa shape index (κ2) is 5.12. The van der Waals surface area contributed by atoms with Gasteiger partial charge in [-0.1, -0.05) is 15.9 Å². The molecule has 0 aliphatic rings. The van der Waals surface area contributed by atoms with Gasteiger partial charge in [0.1, 0.15) is 5.75 Å². The van der Waals surface area contributed by atoms with Crippen molar-refractivity contribution >= 4 is 22.2 Å². The average Bonchev–Trinajstić information content (AvgIpc) is 2.18. The molecule has 0 atom stereocenters. The number of aromatic hydroxyl groups is 1. The summed E-state index contributed by atoms with van der Waals surface area (Å²) in [7, 11) is 0. The predicted molar refractivity (Wildman–Crippen MR) is 56.5 cm³/mol. The number of halogens is 1. The van der Waals surface area contributed by atoms with Crippen LogP contribution in [-0.2, 0) is 11.3 Å². The summed E-state index contributed by atoms with van der Waals surface area (Å²) in [5.41, 5.74) is 0.886. The van der Waals surface area contributed by atoms with Crippen LogP contribution in [-0.4, -0.2) is 18.0 Å². The lowest BCUT2D eigenvalue weighted by atomic mass is 10.1. The lowest BCUT2D eigenvalue weighted by Gasteiger charge is -2.07. The van der Waals surface area contributed by atoms with Crippen LogP contribution < -0.4 is 0 Å². The number of hydrogen-bond donors (Lipinski definition) is 1. The molecular weight excluding hydrogens is 248 g/mol. The molecule has 0 aliphatic carbocycles. The summed E-state index contributed by atoms with van der Waals surface area (Å²) < 4.78 is 5.91. The van der Waals surface area contributed by atoms with E-state index in [0.717, 1.165) is 4.47 Å². The van der Waals surface area contributed by atoms with E-state index in [1.165, 1.54) is 0 Å². The molecule has 0 radical (unpaired) electrons. The maximum Gasteiger partial charge on any atom is 0.153 e. The molecule has 1 aromatic rings. The van der Waals surface area contributed by atoms with E-state index in [1.807, 2.05) is 6.92 Å². The topological polar surface area (TPSA) is 46.5 Å². The number of carbonyl (C=O) groups is 1. The van der Waals surface area contributed by atoms with Gasteiger partial charge < -0.3 is 9.84 Å². The van der Waals surface area contributed by atoms with Crippen LogP contribution in [0.25, 0.3) is 0 Å². The molecule has 0 heterocycles. The Morgan fingerprint density at radius 3 is 2.86 bits per heavy atom. The first kappa shape index (κ1) is 11.2. The first-order valence-electron chi connectivity index (χ1n) is 4.23. The minimum absolute atomic E-state index is 0.00310. The van der Waals surface area contributed by atoms with Crippen molar-refractivity contribution in [2.75, 3.05) is 6.61 Å². The Hall–Kier alpha value is -0.870. The summed E-state index contributed by atoms with van der Waals surface area (Å²) in [6, 6.07) is 3.30. The van der Waals surface area contributed by atoms with Gasteiger partial charge in [-0.3, -0.25) is 4.79 Å². The van der Waals surface area contributed by atoms with E-state index in [-0.39, 0.29) is 11.3 Å². The Morgan fingerprint density at radius 2 is 2.29 bits per heavy atom. The van der Waals surface area contributed by atoms with Gasteiger partial charge in [0.05, 0.1) is 12.2 Å². The fraction of sp³-hybridized carbons (Fsp3) is 0.300. The van der Waals surface area contributed by atoms with Gasteiger partial charge in [-0.05, 0) is 19.1 Å². The molecule has 1 aromatic carbocycles. The first-order chi connectivity index (χ1) is 6.69. The monoisotopic (exact) mass is 258 g/mol. The summed E-state index contributed by atoms with van der Waals surface area (Å²) in [4.78, 5) is 10.6. The number of aldehydes is 1. The Balaban J connectivity index is 3.02. The van der Waals surface area contributed by atoms with Crippen LogP contribution in [0.5, 0.6) is 5.75 Å². The van der Waals surface area contributed by atoms with Gasteiger partial charge in [-0.15, -0.1) is 0 Å². The zero-order valence-corrected chi connectivity index (χ0v) is 9.37. The van der Waals surface area contributed by atoms with E-state index >= 15 is 0 Å². The number of phenolic OH excluding ortho intramolecular Hbond substituents is 1. The Morgan fingerprint density at radius 1 is 1.57 bits per heavy atom. The van der Waals surface area contributed by atoms with E-state index in [9.17, 15) is 9.90 Å². The van der Waals surface area contributed by atoms with Crippen molar-refractivity contribution < 1.29 is 14.6 Å². The standard InChI is InChI=1S/C10H11BrO3/c1-2-14-6-8-4-9(11)3-7(5-12)10(8)13/h3-5,13H,2,6H2,1H3. The van der Waals surface area contributed by atoms with Gasteiger partial charge in [0.2, 0.25) is 0 Å². The Kier molecular flexibility index (Phi) is 4.10. The number of benzene rings is 1. The van der Waals surface area contributed by atoms with Crippen molar-refractivity contribution in [3.63, 3.8) is 0 Å². The molecule has 3 nitrogen and oxygen atoms in total. The predicted octanol–water partition coefficient (Wildman–Crippen LogP) is 2.50. The molecule has 0 unspecified atom stereocenters. The summed E-state index contributed by atoms with van der Waals surface area (Å²) in [5, 5.41) is 9.61. The second-order valence-corrected chi connectivity index (χ2v) is 3.67. The van der Waals surface area contributed by atoms with Crippen molar-refractivity contribution in [2.45, 2.75) is 13.5 Å². The molecule has 1 N–H and O–H groups in total. The van der Waals surface area contributed by atoms with Crippen molar-refractivity contribution in [1.82, 2.24) is 0 Å². The number of carbonyl (C=O) groups excluding carboxylic acids is 1. The minimum atomic E-state index is -0.00310. The highest BCUT2D eigenvalue weighted by atomic mass is 79.9. The third-order valence-corrected chi connectivity index (χ3v) is 2.23. The minimum Gasteiger partial charge on any atom is -0.507 e. The molecule has 0 bridgehead atoms. The molecule has 0 saturated carbocycles. The molecular formula is C10H11BrO3. The van der Waals surface area contributed by atoms with Gasteiger partial charge in [0.25, 0.3) is 0 Å². The number of hydrogen-bond acceptors (Lipinski definition) is 3. The van der Waals surface area contributed by atoms with Crippen LogP contribution in [0.2, 0.25) is 0 Å². The zero-order chi connectivity index (χ0) is 10.6. The van der Waals surface area contributed by atoms with Gasteiger partial charge in [0.15, 0.2) is 6.29 Å². The highest BCUT2D eigenvalue weighted by Gasteiger charge is 2.08. The normalized spacial score (nSPS) is 10.1. The molecule has 1 rings (SSSR count). The molecule has 14 heavy (non-hydrogen) atoms. The summed E-state index contributed by atoms with van der Waals surface area (Å²) in [6.45, 7) is 2.75. The molecule has 0 amide bonds. The lowest BCUT2D eigenvalue weighted by molar-refractivity contribution is 0.111.